The smallest absolute Gasteiger partial charge is 0.308 e. The van der Waals surface area contributed by atoms with Crippen molar-refractivity contribution in [2.24, 2.45) is 11.8 Å². The van der Waals surface area contributed by atoms with Gasteiger partial charge in [0.2, 0.25) is 0 Å². The average Bonchev–Trinajstić information content (AvgIpc) is 2.82. The van der Waals surface area contributed by atoms with E-state index in [-0.39, 0.29) is 50.0 Å². The van der Waals surface area contributed by atoms with Crippen molar-refractivity contribution in [1.29, 1.82) is 0 Å². The van der Waals surface area contributed by atoms with Gasteiger partial charge in [0.15, 0.2) is 6.10 Å². The van der Waals surface area contributed by atoms with Gasteiger partial charge in [-0.1, -0.05) is 59.8 Å². The third-order valence-electron chi connectivity index (χ3n) is 5.46. The summed E-state index contributed by atoms with van der Waals surface area (Å²) in [5.41, 5.74) is 0. The van der Waals surface area contributed by atoms with E-state index in [1.54, 1.807) is 6.92 Å². The van der Waals surface area contributed by atoms with Crippen LogP contribution in [0.5, 0.6) is 0 Å². The fourth-order valence-electron chi connectivity index (χ4n) is 3.29. The van der Waals surface area contributed by atoms with Crippen LogP contribution in [-0.2, 0) is 33.5 Å². The second kappa shape index (κ2) is 21.8. The van der Waals surface area contributed by atoms with Crippen molar-refractivity contribution in [1.82, 2.24) is 5.32 Å². The van der Waals surface area contributed by atoms with Crippen molar-refractivity contribution < 1.29 is 38.7 Å². The molecule has 0 spiro atoms. The molecule has 0 aromatic heterocycles. The Labute approximate surface area is 205 Å². The van der Waals surface area contributed by atoms with E-state index < -0.39 is 12.1 Å². The van der Waals surface area contributed by atoms with Crippen molar-refractivity contribution in [3.8, 4) is 0 Å². The standard InChI is InChI=1S/C25H47NO8/c1-5-7-8-9-13-21(4)25(29)32-19-22(18-31-24(28)20(3)12-6-2)34-23(27)14-10-15-26-16-11-17-33-30/h20-22,26,30H,5-19H2,1-4H3. The average molecular weight is 490 g/mol. The first-order valence-electron chi connectivity index (χ1n) is 12.8. The molecule has 0 aliphatic rings. The number of hydrogen-bond acceptors (Lipinski definition) is 9. The van der Waals surface area contributed by atoms with E-state index in [2.05, 4.69) is 17.1 Å². The van der Waals surface area contributed by atoms with Crippen LogP contribution in [0.15, 0.2) is 0 Å². The van der Waals surface area contributed by atoms with E-state index in [0.717, 1.165) is 38.5 Å². The van der Waals surface area contributed by atoms with Gasteiger partial charge < -0.3 is 19.5 Å². The van der Waals surface area contributed by atoms with E-state index in [4.69, 9.17) is 19.5 Å². The predicted molar refractivity (Wildman–Crippen MR) is 129 cm³/mol. The maximum absolute atomic E-state index is 12.3. The molecule has 0 radical (unpaired) electrons. The molecule has 0 saturated heterocycles. The lowest BCUT2D eigenvalue weighted by Gasteiger charge is -2.20. The Kier molecular flexibility index (Phi) is 20.7. The molecule has 0 saturated carbocycles. The first-order chi connectivity index (χ1) is 16.3. The van der Waals surface area contributed by atoms with Crippen LogP contribution in [0.2, 0.25) is 0 Å². The van der Waals surface area contributed by atoms with Gasteiger partial charge in [-0.15, -0.1) is 0 Å². The monoisotopic (exact) mass is 489 g/mol. The molecule has 0 amide bonds. The van der Waals surface area contributed by atoms with Crippen molar-refractivity contribution in [3.63, 3.8) is 0 Å². The Balaban J connectivity index is 4.56. The number of carbonyl (C=O) groups is 3. The molecule has 200 valence electrons. The van der Waals surface area contributed by atoms with Crippen LogP contribution in [-0.4, -0.2) is 62.2 Å². The molecule has 9 nitrogen and oxygen atoms in total. The molecule has 34 heavy (non-hydrogen) atoms. The topological polar surface area (TPSA) is 120 Å². The summed E-state index contributed by atoms with van der Waals surface area (Å²) in [6.07, 6.45) is 7.24. The molecule has 0 heterocycles. The fourth-order valence-corrected chi connectivity index (χ4v) is 3.29. The Morgan fingerprint density at radius 1 is 0.794 bits per heavy atom. The first-order valence-corrected chi connectivity index (χ1v) is 12.8. The maximum Gasteiger partial charge on any atom is 0.308 e. The zero-order valence-electron chi connectivity index (χ0n) is 21.6. The van der Waals surface area contributed by atoms with Crippen LogP contribution in [0, 0.1) is 11.8 Å². The molecule has 3 atom stereocenters. The lowest BCUT2D eigenvalue weighted by atomic mass is 10.0. The molecule has 0 aromatic carbocycles. The molecule has 0 aromatic rings. The van der Waals surface area contributed by atoms with E-state index >= 15 is 0 Å². The molecule has 2 N–H and O–H groups in total. The second-order valence-corrected chi connectivity index (χ2v) is 8.85. The zero-order valence-corrected chi connectivity index (χ0v) is 21.6. The van der Waals surface area contributed by atoms with Crippen molar-refractivity contribution >= 4 is 17.9 Å². The van der Waals surface area contributed by atoms with Crippen LogP contribution < -0.4 is 5.32 Å². The highest BCUT2D eigenvalue weighted by Crippen LogP contribution is 2.13. The molecular formula is C25H47NO8. The van der Waals surface area contributed by atoms with Crippen LogP contribution in [0.25, 0.3) is 0 Å². The van der Waals surface area contributed by atoms with Gasteiger partial charge in [0.1, 0.15) is 13.2 Å². The molecule has 0 aliphatic carbocycles. The lowest BCUT2D eigenvalue weighted by Crippen LogP contribution is -2.33. The summed E-state index contributed by atoms with van der Waals surface area (Å²) in [6.45, 7) is 9.01. The normalized spacial score (nSPS) is 13.7. The van der Waals surface area contributed by atoms with Crippen LogP contribution >= 0.6 is 0 Å². The second-order valence-electron chi connectivity index (χ2n) is 8.85. The third kappa shape index (κ3) is 17.7. The summed E-state index contributed by atoms with van der Waals surface area (Å²) in [5.74, 6) is -1.60. The Bertz CT molecular complexity index is 543. The summed E-state index contributed by atoms with van der Waals surface area (Å²) in [5, 5.41) is 11.4. The molecule has 0 aliphatic heterocycles. The van der Waals surface area contributed by atoms with E-state index in [1.165, 1.54) is 0 Å². The highest BCUT2D eigenvalue weighted by Gasteiger charge is 2.23. The summed E-state index contributed by atoms with van der Waals surface area (Å²) in [6, 6.07) is 0. The maximum atomic E-state index is 12.3. The summed E-state index contributed by atoms with van der Waals surface area (Å²) in [4.78, 5) is 40.8. The van der Waals surface area contributed by atoms with Gasteiger partial charge in [0, 0.05) is 6.42 Å². The Morgan fingerprint density at radius 3 is 2.00 bits per heavy atom. The van der Waals surface area contributed by atoms with Gasteiger partial charge in [-0.05, 0) is 38.8 Å². The van der Waals surface area contributed by atoms with Crippen LogP contribution in [0.4, 0.5) is 0 Å². The van der Waals surface area contributed by atoms with Gasteiger partial charge >= 0.3 is 17.9 Å². The van der Waals surface area contributed by atoms with Crippen LogP contribution in [0.1, 0.15) is 91.9 Å². The fraction of sp³-hybridized carbons (Fsp3) is 0.880. The largest absolute Gasteiger partial charge is 0.461 e. The van der Waals surface area contributed by atoms with Gasteiger partial charge in [-0.2, -0.15) is 0 Å². The Hall–Kier alpha value is -1.71. The van der Waals surface area contributed by atoms with E-state index in [1.807, 2.05) is 13.8 Å². The quantitative estimate of drug-likeness (QED) is 0.0754. The molecular weight excluding hydrogens is 442 g/mol. The van der Waals surface area contributed by atoms with Crippen molar-refractivity contribution in [2.45, 2.75) is 98.0 Å². The number of ether oxygens (including phenoxy) is 3. The number of esters is 3. The number of rotatable bonds is 22. The number of carbonyl (C=O) groups excluding carboxylic acids is 3. The molecule has 0 rings (SSSR count). The van der Waals surface area contributed by atoms with Crippen molar-refractivity contribution in [2.75, 3.05) is 32.9 Å². The molecule has 9 heteroatoms. The summed E-state index contributed by atoms with van der Waals surface area (Å²) >= 11 is 0. The van der Waals surface area contributed by atoms with Gasteiger partial charge in [0.05, 0.1) is 18.4 Å². The van der Waals surface area contributed by atoms with Gasteiger partial charge in [0.25, 0.3) is 0 Å². The zero-order chi connectivity index (χ0) is 25.6. The van der Waals surface area contributed by atoms with Crippen LogP contribution in [0.3, 0.4) is 0 Å². The summed E-state index contributed by atoms with van der Waals surface area (Å²) in [7, 11) is 0. The first kappa shape index (κ1) is 32.3. The molecule has 3 unspecified atom stereocenters. The Morgan fingerprint density at radius 2 is 1.41 bits per heavy atom. The predicted octanol–water partition coefficient (Wildman–Crippen LogP) is 4.28. The van der Waals surface area contributed by atoms with Gasteiger partial charge in [-0.3, -0.25) is 19.6 Å². The number of hydrogen-bond donors (Lipinski definition) is 2. The highest BCUT2D eigenvalue weighted by molar-refractivity contribution is 5.73. The third-order valence-corrected chi connectivity index (χ3v) is 5.46. The van der Waals surface area contributed by atoms with Gasteiger partial charge in [-0.25, -0.2) is 4.89 Å². The minimum atomic E-state index is -0.837. The molecule has 0 fully saturated rings. The lowest BCUT2D eigenvalue weighted by molar-refractivity contribution is -0.242. The number of unbranched alkanes of at least 4 members (excludes halogenated alkanes) is 3. The summed E-state index contributed by atoms with van der Waals surface area (Å²) < 4.78 is 16.2. The number of nitrogens with one attached hydrogen (secondary N) is 1. The SMILES string of the molecule is CCCCCCC(C)C(=O)OCC(COC(=O)C(C)CCC)OC(=O)CCCNCCCOO. The highest BCUT2D eigenvalue weighted by atomic mass is 17.1. The van der Waals surface area contributed by atoms with Crippen molar-refractivity contribution in [3.05, 3.63) is 0 Å². The minimum absolute atomic E-state index is 0.140. The van der Waals surface area contributed by atoms with E-state index in [0.29, 0.717) is 32.4 Å². The minimum Gasteiger partial charge on any atom is -0.461 e. The molecule has 0 bridgehead atoms. The van der Waals surface area contributed by atoms with E-state index in [9.17, 15) is 14.4 Å².